The van der Waals surface area contributed by atoms with Crippen molar-refractivity contribution in [2.75, 3.05) is 12.4 Å². The molecule has 0 aliphatic carbocycles. The van der Waals surface area contributed by atoms with Crippen molar-refractivity contribution in [1.29, 1.82) is 0 Å². The summed E-state index contributed by atoms with van der Waals surface area (Å²) in [4.78, 5) is 12.7. The van der Waals surface area contributed by atoms with Crippen LogP contribution in [0.5, 0.6) is 5.88 Å². The summed E-state index contributed by atoms with van der Waals surface area (Å²) in [6.45, 7) is 5.99. The lowest BCUT2D eigenvalue weighted by molar-refractivity contribution is 0.393. The first-order valence-electron chi connectivity index (χ1n) is 5.66. The minimum Gasteiger partial charge on any atom is -0.481 e. The zero-order valence-corrected chi connectivity index (χ0v) is 11.7. The minimum absolute atomic E-state index is 0.113. The van der Waals surface area contributed by atoms with Crippen LogP contribution < -0.4 is 10.1 Å². The summed E-state index contributed by atoms with van der Waals surface area (Å²) in [6, 6.07) is 0.113. The summed E-state index contributed by atoms with van der Waals surface area (Å²) in [5, 5.41) is 6.42. The summed E-state index contributed by atoms with van der Waals surface area (Å²) in [6.07, 6.45) is 1.49. The van der Waals surface area contributed by atoms with Crippen LogP contribution in [0.15, 0.2) is 11.7 Å². The number of aromatic nitrogens is 3. The highest BCUT2D eigenvalue weighted by Crippen LogP contribution is 2.25. The van der Waals surface area contributed by atoms with Crippen molar-refractivity contribution in [3.8, 4) is 5.88 Å². The molecule has 0 saturated heterocycles. The van der Waals surface area contributed by atoms with Crippen molar-refractivity contribution in [3.05, 3.63) is 28.0 Å². The number of methoxy groups -OCH3 is 1. The molecule has 2 aromatic rings. The molecular weight excluding hydrogens is 248 g/mol. The number of hydrogen-bond donors (Lipinski definition) is 1. The van der Waals surface area contributed by atoms with E-state index >= 15 is 0 Å². The zero-order valence-electron chi connectivity index (χ0n) is 10.9. The van der Waals surface area contributed by atoms with Crippen LogP contribution in [-0.4, -0.2) is 22.1 Å². The van der Waals surface area contributed by atoms with Gasteiger partial charge in [0.15, 0.2) is 0 Å². The zero-order chi connectivity index (χ0) is 13.1. The third kappa shape index (κ3) is 2.59. The average Bonchev–Trinajstić information content (AvgIpc) is 2.78. The quantitative estimate of drug-likeness (QED) is 0.920. The van der Waals surface area contributed by atoms with Crippen molar-refractivity contribution >= 4 is 17.2 Å². The Hall–Kier alpha value is -1.69. The van der Waals surface area contributed by atoms with E-state index in [0.29, 0.717) is 5.88 Å². The molecule has 0 aliphatic rings. The molecule has 6 heteroatoms. The number of thiazole rings is 1. The number of nitrogens with one attached hydrogen (secondary N) is 1. The molecule has 18 heavy (non-hydrogen) atoms. The van der Waals surface area contributed by atoms with Gasteiger partial charge in [-0.05, 0) is 20.8 Å². The van der Waals surface area contributed by atoms with Crippen molar-refractivity contribution in [1.82, 2.24) is 15.0 Å². The van der Waals surface area contributed by atoms with E-state index in [1.807, 2.05) is 19.2 Å². The SMILES string of the molecule is COc1ncnc(NC(C)c2nc(C)cs2)c1C. The van der Waals surface area contributed by atoms with Gasteiger partial charge in [0, 0.05) is 11.1 Å². The maximum absolute atomic E-state index is 5.17. The molecule has 5 nitrogen and oxygen atoms in total. The van der Waals surface area contributed by atoms with Crippen LogP contribution in [0.1, 0.15) is 29.2 Å². The van der Waals surface area contributed by atoms with E-state index in [4.69, 9.17) is 4.74 Å². The Morgan fingerprint density at radius 3 is 2.72 bits per heavy atom. The van der Waals surface area contributed by atoms with E-state index in [1.54, 1.807) is 18.4 Å². The van der Waals surface area contributed by atoms with E-state index in [-0.39, 0.29) is 6.04 Å². The van der Waals surface area contributed by atoms with Crippen molar-refractivity contribution < 1.29 is 4.74 Å². The minimum atomic E-state index is 0.113. The van der Waals surface area contributed by atoms with Gasteiger partial charge in [0.25, 0.3) is 0 Å². The molecule has 2 heterocycles. The lowest BCUT2D eigenvalue weighted by atomic mass is 10.3. The van der Waals surface area contributed by atoms with E-state index in [2.05, 4.69) is 27.2 Å². The molecule has 0 amide bonds. The normalized spacial score (nSPS) is 12.2. The molecule has 2 aromatic heterocycles. The summed E-state index contributed by atoms with van der Waals surface area (Å²) < 4.78 is 5.17. The lowest BCUT2D eigenvalue weighted by Crippen LogP contribution is -2.10. The number of rotatable bonds is 4. The number of anilines is 1. The molecule has 1 N–H and O–H groups in total. The van der Waals surface area contributed by atoms with Crippen LogP contribution in [0.4, 0.5) is 5.82 Å². The Kier molecular flexibility index (Phi) is 3.76. The fourth-order valence-corrected chi connectivity index (χ4v) is 2.43. The predicted molar refractivity (Wildman–Crippen MR) is 72.2 cm³/mol. The molecule has 2 rings (SSSR count). The standard InChI is InChI=1S/C12H16N4OS/c1-7-5-18-12(15-7)9(3)16-10-8(2)11(17-4)14-6-13-10/h5-6,9H,1-4H3,(H,13,14,16). The molecule has 0 aliphatic heterocycles. The van der Waals surface area contributed by atoms with Gasteiger partial charge in [-0.1, -0.05) is 0 Å². The highest BCUT2D eigenvalue weighted by molar-refractivity contribution is 7.09. The highest BCUT2D eigenvalue weighted by atomic mass is 32.1. The van der Waals surface area contributed by atoms with Crippen LogP contribution >= 0.6 is 11.3 Å². The Bertz CT molecular complexity index is 541. The first-order chi connectivity index (χ1) is 8.61. The van der Waals surface area contributed by atoms with Gasteiger partial charge < -0.3 is 10.1 Å². The van der Waals surface area contributed by atoms with Gasteiger partial charge in [0.1, 0.15) is 17.2 Å². The van der Waals surface area contributed by atoms with Gasteiger partial charge in [0.2, 0.25) is 5.88 Å². The van der Waals surface area contributed by atoms with E-state index in [0.717, 1.165) is 22.1 Å². The Morgan fingerprint density at radius 2 is 2.11 bits per heavy atom. The fraction of sp³-hybridized carbons (Fsp3) is 0.417. The summed E-state index contributed by atoms with van der Waals surface area (Å²) in [5.41, 5.74) is 1.95. The number of aryl methyl sites for hydroxylation is 1. The molecule has 1 unspecified atom stereocenters. The van der Waals surface area contributed by atoms with Crippen LogP contribution in [0.25, 0.3) is 0 Å². The van der Waals surface area contributed by atoms with E-state index < -0.39 is 0 Å². The Morgan fingerprint density at radius 1 is 1.33 bits per heavy atom. The van der Waals surface area contributed by atoms with Crippen molar-refractivity contribution in [2.45, 2.75) is 26.8 Å². The smallest absolute Gasteiger partial charge is 0.221 e. The van der Waals surface area contributed by atoms with Gasteiger partial charge in [-0.2, -0.15) is 0 Å². The topological polar surface area (TPSA) is 59.9 Å². The second-order valence-corrected chi connectivity index (χ2v) is 4.94. The van der Waals surface area contributed by atoms with Gasteiger partial charge in [0.05, 0.1) is 18.7 Å². The monoisotopic (exact) mass is 264 g/mol. The molecule has 0 spiro atoms. The lowest BCUT2D eigenvalue weighted by Gasteiger charge is -2.14. The van der Waals surface area contributed by atoms with Gasteiger partial charge >= 0.3 is 0 Å². The number of ether oxygens (including phenoxy) is 1. The molecule has 0 radical (unpaired) electrons. The van der Waals surface area contributed by atoms with E-state index in [1.165, 1.54) is 6.33 Å². The van der Waals surface area contributed by atoms with Gasteiger partial charge in [-0.3, -0.25) is 0 Å². The van der Waals surface area contributed by atoms with Crippen molar-refractivity contribution in [3.63, 3.8) is 0 Å². The van der Waals surface area contributed by atoms with Crippen molar-refractivity contribution in [2.24, 2.45) is 0 Å². The first kappa shape index (κ1) is 12.8. The van der Waals surface area contributed by atoms with E-state index in [9.17, 15) is 0 Å². The molecule has 1 atom stereocenters. The Balaban J connectivity index is 2.19. The molecule has 0 bridgehead atoms. The second-order valence-electron chi connectivity index (χ2n) is 4.05. The highest BCUT2D eigenvalue weighted by Gasteiger charge is 2.13. The van der Waals surface area contributed by atoms with Crippen LogP contribution in [0.3, 0.4) is 0 Å². The molecule has 96 valence electrons. The third-order valence-corrected chi connectivity index (χ3v) is 3.74. The number of nitrogens with zero attached hydrogens (tertiary/aromatic N) is 3. The third-order valence-electron chi connectivity index (χ3n) is 2.59. The van der Waals surface area contributed by atoms with Crippen LogP contribution in [0, 0.1) is 13.8 Å². The fourth-order valence-electron chi connectivity index (χ4n) is 1.62. The summed E-state index contributed by atoms with van der Waals surface area (Å²) >= 11 is 1.64. The van der Waals surface area contributed by atoms with Crippen LogP contribution in [0.2, 0.25) is 0 Å². The molecular formula is C12H16N4OS. The molecule has 0 aromatic carbocycles. The van der Waals surface area contributed by atoms with Gasteiger partial charge in [-0.25, -0.2) is 15.0 Å². The maximum Gasteiger partial charge on any atom is 0.221 e. The molecule has 0 fully saturated rings. The molecule has 0 saturated carbocycles. The summed E-state index contributed by atoms with van der Waals surface area (Å²) in [5.74, 6) is 1.37. The second kappa shape index (κ2) is 5.30. The van der Waals surface area contributed by atoms with Crippen LogP contribution in [-0.2, 0) is 0 Å². The maximum atomic E-state index is 5.17. The Labute approximate surface area is 110 Å². The summed E-state index contributed by atoms with van der Waals surface area (Å²) in [7, 11) is 1.60. The number of hydrogen-bond acceptors (Lipinski definition) is 6. The van der Waals surface area contributed by atoms with Gasteiger partial charge in [-0.15, -0.1) is 11.3 Å². The first-order valence-corrected chi connectivity index (χ1v) is 6.54. The predicted octanol–water partition coefficient (Wildman–Crippen LogP) is 2.73. The average molecular weight is 264 g/mol. The largest absolute Gasteiger partial charge is 0.481 e.